The minimum atomic E-state index is -0.0813. The van der Waals surface area contributed by atoms with E-state index in [1.54, 1.807) is 25.3 Å². The van der Waals surface area contributed by atoms with Crippen LogP contribution in [0, 0.1) is 0 Å². The Morgan fingerprint density at radius 1 is 1.30 bits per heavy atom. The van der Waals surface area contributed by atoms with Gasteiger partial charge in [-0.05, 0) is 56.2 Å². The van der Waals surface area contributed by atoms with Crippen LogP contribution in [0.1, 0.15) is 32.3 Å². The maximum Gasteiger partial charge on any atom is 0.243 e. The van der Waals surface area contributed by atoms with Crippen LogP contribution in [0.25, 0.3) is 6.08 Å². The number of hydrogen-bond acceptors (Lipinski definition) is 4. The molecule has 0 aromatic heterocycles. The molecule has 0 spiro atoms. The number of amides is 1. The standard InChI is InChI=1S/C18H29N3O2/c1-4-21(5-2)13-7-6-12-20-18(22)11-9-15-8-10-17(23-3)16(19)14-15/h8-11,14H,4-7,12-13,19H2,1-3H3,(H,20,22)/b11-9-. The second kappa shape index (κ2) is 10.7. The highest BCUT2D eigenvalue weighted by molar-refractivity contribution is 5.91. The van der Waals surface area contributed by atoms with Gasteiger partial charge in [0.05, 0.1) is 12.8 Å². The molecule has 0 saturated heterocycles. The molecule has 0 aliphatic carbocycles. The van der Waals surface area contributed by atoms with Gasteiger partial charge in [0, 0.05) is 12.6 Å². The Hall–Kier alpha value is -2.01. The van der Waals surface area contributed by atoms with E-state index < -0.39 is 0 Å². The fraction of sp³-hybridized carbons (Fsp3) is 0.500. The zero-order valence-electron chi connectivity index (χ0n) is 14.5. The molecule has 0 heterocycles. The molecular formula is C18H29N3O2. The number of anilines is 1. The van der Waals surface area contributed by atoms with Crippen molar-refractivity contribution in [3.8, 4) is 5.75 Å². The van der Waals surface area contributed by atoms with Crippen molar-refractivity contribution in [2.45, 2.75) is 26.7 Å². The van der Waals surface area contributed by atoms with Crippen LogP contribution < -0.4 is 15.8 Å². The average molecular weight is 319 g/mol. The summed E-state index contributed by atoms with van der Waals surface area (Å²) in [6, 6.07) is 5.44. The number of nitrogens with one attached hydrogen (secondary N) is 1. The summed E-state index contributed by atoms with van der Waals surface area (Å²) in [5, 5.41) is 2.90. The smallest absolute Gasteiger partial charge is 0.243 e. The molecule has 0 unspecified atom stereocenters. The van der Waals surface area contributed by atoms with Gasteiger partial charge < -0.3 is 20.7 Å². The number of unbranched alkanes of at least 4 members (excludes halogenated alkanes) is 1. The fourth-order valence-electron chi connectivity index (χ4n) is 2.30. The van der Waals surface area contributed by atoms with Crippen LogP contribution in [0.15, 0.2) is 24.3 Å². The first-order valence-electron chi connectivity index (χ1n) is 8.22. The van der Waals surface area contributed by atoms with Crippen LogP contribution in [0.2, 0.25) is 0 Å². The maximum absolute atomic E-state index is 11.8. The molecule has 1 amide bonds. The molecule has 0 atom stereocenters. The van der Waals surface area contributed by atoms with E-state index >= 15 is 0 Å². The van der Waals surface area contributed by atoms with E-state index in [-0.39, 0.29) is 5.91 Å². The van der Waals surface area contributed by atoms with E-state index in [2.05, 4.69) is 24.1 Å². The fourth-order valence-corrected chi connectivity index (χ4v) is 2.30. The summed E-state index contributed by atoms with van der Waals surface area (Å²) in [5.74, 6) is 0.557. The number of hydrogen-bond donors (Lipinski definition) is 2. The molecule has 23 heavy (non-hydrogen) atoms. The van der Waals surface area contributed by atoms with Gasteiger partial charge in [0.2, 0.25) is 5.91 Å². The summed E-state index contributed by atoms with van der Waals surface area (Å²) in [7, 11) is 1.58. The summed E-state index contributed by atoms with van der Waals surface area (Å²) >= 11 is 0. The molecule has 0 aliphatic heterocycles. The Bertz CT molecular complexity index is 511. The quantitative estimate of drug-likeness (QED) is 0.395. The molecular weight excluding hydrogens is 290 g/mol. The minimum absolute atomic E-state index is 0.0813. The predicted molar refractivity (Wildman–Crippen MR) is 96.5 cm³/mol. The van der Waals surface area contributed by atoms with Gasteiger partial charge in [-0.1, -0.05) is 19.9 Å². The number of nitrogen functional groups attached to an aromatic ring is 1. The number of carbonyl (C=O) groups excluding carboxylic acids is 1. The normalized spacial score (nSPS) is 11.1. The number of rotatable bonds is 10. The van der Waals surface area contributed by atoms with Gasteiger partial charge in [-0.25, -0.2) is 0 Å². The third-order valence-corrected chi connectivity index (χ3v) is 3.78. The van der Waals surface area contributed by atoms with Crippen molar-refractivity contribution >= 4 is 17.7 Å². The maximum atomic E-state index is 11.8. The molecule has 1 rings (SSSR count). The second-order valence-electron chi connectivity index (χ2n) is 5.36. The van der Waals surface area contributed by atoms with Crippen molar-refractivity contribution in [3.63, 3.8) is 0 Å². The highest BCUT2D eigenvalue weighted by atomic mass is 16.5. The van der Waals surface area contributed by atoms with Crippen LogP contribution in [0.4, 0.5) is 5.69 Å². The van der Waals surface area contributed by atoms with Gasteiger partial charge in [0.15, 0.2) is 0 Å². The Labute approximate surface area is 139 Å². The van der Waals surface area contributed by atoms with Gasteiger partial charge in [-0.15, -0.1) is 0 Å². The molecule has 1 aromatic rings. The van der Waals surface area contributed by atoms with Crippen molar-refractivity contribution in [2.24, 2.45) is 0 Å². The van der Waals surface area contributed by atoms with E-state index in [4.69, 9.17) is 10.5 Å². The minimum Gasteiger partial charge on any atom is -0.495 e. The molecule has 0 aliphatic rings. The second-order valence-corrected chi connectivity index (χ2v) is 5.36. The number of ether oxygens (including phenoxy) is 1. The Morgan fingerprint density at radius 3 is 2.65 bits per heavy atom. The summed E-state index contributed by atoms with van der Waals surface area (Å²) in [6.07, 6.45) is 5.37. The summed E-state index contributed by atoms with van der Waals surface area (Å²) in [6.45, 7) is 8.29. The first-order valence-corrected chi connectivity index (χ1v) is 8.22. The monoisotopic (exact) mass is 319 g/mol. The molecule has 0 saturated carbocycles. The van der Waals surface area contributed by atoms with Crippen LogP contribution in [-0.4, -0.2) is 44.1 Å². The van der Waals surface area contributed by atoms with Gasteiger partial charge in [-0.3, -0.25) is 4.79 Å². The molecule has 5 nitrogen and oxygen atoms in total. The topological polar surface area (TPSA) is 67.6 Å². The third-order valence-electron chi connectivity index (χ3n) is 3.78. The van der Waals surface area contributed by atoms with Gasteiger partial charge in [0.25, 0.3) is 0 Å². The summed E-state index contributed by atoms with van der Waals surface area (Å²) in [5.41, 5.74) is 7.27. The van der Waals surface area contributed by atoms with Crippen LogP contribution >= 0.6 is 0 Å². The number of carbonyl (C=O) groups is 1. The number of methoxy groups -OCH3 is 1. The lowest BCUT2D eigenvalue weighted by Gasteiger charge is -2.17. The molecule has 5 heteroatoms. The lowest BCUT2D eigenvalue weighted by molar-refractivity contribution is -0.116. The Balaban J connectivity index is 2.29. The largest absolute Gasteiger partial charge is 0.495 e. The number of nitrogens with zero attached hydrogens (tertiary/aromatic N) is 1. The zero-order valence-corrected chi connectivity index (χ0v) is 14.5. The van der Waals surface area contributed by atoms with Crippen LogP contribution in [-0.2, 0) is 4.79 Å². The molecule has 128 valence electrons. The SMILES string of the molecule is CCN(CC)CCCCNC(=O)/C=C\c1ccc(OC)c(N)c1. The van der Waals surface area contributed by atoms with E-state index in [1.807, 2.05) is 6.07 Å². The highest BCUT2D eigenvalue weighted by Gasteiger charge is 2.01. The van der Waals surface area contributed by atoms with E-state index in [9.17, 15) is 4.79 Å². The number of nitrogens with two attached hydrogens (primary N) is 1. The van der Waals surface area contributed by atoms with Gasteiger partial charge >= 0.3 is 0 Å². The van der Waals surface area contributed by atoms with E-state index in [0.29, 0.717) is 18.0 Å². The first-order chi connectivity index (χ1) is 11.1. The van der Waals surface area contributed by atoms with Crippen molar-refractivity contribution in [2.75, 3.05) is 39.0 Å². The molecule has 3 N–H and O–H groups in total. The summed E-state index contributed by atoms with van der Waals surface area (Å²) < 4.78 is 5.10. The molecule has 0 bridgehead atoms. The number of benzene rings is 1. The zero-order chi connectivity index (χ0) is 17.1. The van der Waals surface area contributed by atoms with Gasteiger partial charge in [0.1, 0.15) is 5.75 Å². The highest BCUT2D eigenvalue weighted by Crippen LogP contribution is 2.22. The molecule has 0 fully saturated rings. The van der Waals surface area contributed by atoms with Crippen molar-refractivity contribution in [3.05, 3.63) is 29.8 Å². The first kappa shape index (κ1) is 19.0. The average Bonchev–Trinajstić information content (AvgIpc) is 2.56. The predicted octanol–water partition coefficient (Wildman–Crippen LogP) is 2.53. The molecule has 0 radical (unpaired) electrons. The Morgan fingerprint density at radius 2 is 2.04 bits per heavy atom. The van der Waals surface area contributed by atoms with Crippen molar-refractivity contribution < 1.29 is 9.53 Å². The van der Waals surface area contributed by atoms with Crippen molar-refractivity contribution in [1.29, 1.82) is 0 Å². The van der Waals surface area contributed by atoms with E-state index in [0.717, 1.165) is 38.0 Å². The summed E-state index contributed by atoms with van der Waals surface area (Å²) in [4.78, 5) is 14.2. The van der Waals surface area contributed by atoms with Crippen molar-refractivity contribution in [1.82, 2.24) is 10.2 Å². The van der Waals surface area contributed by atoms with Gasteiger partial charge in [-0.2, -0.15) is 0 Å². The Kier molecular flexibility index (Phi) is 8.83. The lowest BCUT2D eigenvalue weighted by Crippen LogP contribution is -2.26. The van der Waals surface area contributed by atoms with E-state index in [1.165, 1.54) is 6.08 Å². The third kappa shape index (κ3) is 7.19. The molecule has 1 aromatic carbocycles. The van der Waals surface area contributed by atoms with Crippen LogP contribution in [0.3, 0.4) is 0 Å². The van der Waals surface area contributed by atoms with Crippen LogP contribution in [0.5, 0.6) is 5.75 Å². The lowest BCUT2D eigenvalue weighted by atomic mass is 10.1.